The van der Waals surface area contributed by atoms with Gasteiger partial charge in [0.15, 0.2) is 11.5 Å². The van der Waals surface area contributed by atoms with Gasteiger partial charge in [0.1, 0.15) is 11.1 Å². The van der Waals surface area contributed by atoms with Gasteiger partial charge in [0.25, 0.3) is 5.91 Å². The number of hydrogen-bond acceptors (Lipinski definition) is 6. The van der Waals surface area contributed by atoms with Gasteiger partial charge in [0.05, 0.1) is 11.1 Å². The van der Waals surface area contributed by atoms with E-state index in [4.69, 9.17) is 16.3 Å². The predicted octanol–water partition coefficient (Wildman–Crippen LogP) is 4.11. The zero-order valence-electron chi connectivity index (χ0n) is 22.0. The van der Waals surface area contributed by atoms with Gasteiger partial charge >= 0.3 is 0 Å². The van der Waals surface area contributed by atoms with Crippen LogP contribution in [0.5, 0.6) is 11.5 Å². The number of halogens is 1. The first-order valence-electron chi connectivity index (χ1n) is 13.6. The van der Waals surface area contributed by atoms with Crippen molar-refractivity contribution >= 4 is 34.1 Å². The molecule has 0 radical (unpaired) electrons. The highest BCUT2D eigenvalue weighted by Crippen LogP contribution is 2.42. The molecule has 0 bridgehead atoms. The van der Waals surface area contributed by atoms with E-state index in [1.807, 2.05) is 22.8 Å². The van der Waals surface area contributed by atoms with E-state index in [1.165, 1.54) is 12.8 Å². The molecule has 9 heteroatoms. The van der Waals surface area contributed by atoms with Crippen LogP contribution < -0.4 is 20.4 Å². The van der Waals surface area contributed by atoms with Crippen molar-refractivity contribution < 1.29 is 9.53 Å². The molecule has 1 amide bonds. The number of anilines is 1. The van der Waals surface area contributed by atoms with Gasteiger partial charge in [0, 0.05) is 68.3 Å². The molecule has 0 aliphatic carbocycles. The van der Waals surface area contributed by atoms with Crippen molar-refractivity contribution in [2.24, 2.45) is 0 Å². The van der Waals surface area contributed by atoms with Gasteiger partial charge in [-0.15, -0.1) is 0 Å². The van der Waals surface area contributed by atoms with E-state index in [-0.39, 0.29) is 16.9 Å². The maximum absolute atomic E-state index is 13.8. The maximum Gasteiger partial charge on any atom is 0.256 e. The molecule has 1 N–H and O–H groups in total. The largest absolute Gasteiger partial charge is 0.453 e. The van der Waals surface area contributed by atoms with Crippen LogP contribution in [-0.2, 0) is 0 Å². The number of nitrogens with zero attached hydrogens (tertiary/aromatic N) is 4. The zero-order chi connectivity index (χ0) is 26.4. The van der Waals surface area contributed by atoms with E-state index in [0.29, 0.717) is 45.7 Å². The lowest BCUT2D eigenvalue weighted by Gasteiger charge is -2.38. The summed E-state index contributed by atoms with van der Waals surface area (Å²) >= 11 is 6.34. The van der Waals surface area contributed by atoms with Crippen molar-refractivity contribution in [2.75, 3.05) is 57.3 Å². The summed E-state index contributed by atoms with van der Waals surface area (Å²) in [5.41, 5.74) is 2.14. The van der Waals surface area contributed by atoms with Gasteiger partial charge in [-0.05, 0) is 64.0 Å². The molecule has 200 valence electrons. The Balaban J connectivity index is 1.40. The van der Waals surface area contributed by atoms with Gasteiger partial charge < -0.3 is 24.4 Å². The quantitative estimate of drug-likeness (QED) is 0.401. The molecule has 3 aliphatic rings. The van der Waals surface area contributed by atoms with E-state index in [9.17, 15) is 9.59 Å². The molecule has 3 aromatic rings. The van der Waals surface area contributed by atoms with Gasteiger partial charge in [0.2, 0.25) is 5.43 Å². The molecule has 4 heterocycles. The average Bonchev–Trinajstić information content (AvgIpc) is 3.43. The number of likely N-dealkylation sites (tertiary alicyclic amines) is 1. The fraction of sp³-hybridized carbons (Fsp3) is 0.448. The number of rotatable bonds is 6. The van der Waals surface area contributed by atoms with E-state index in [0.717, 1.165) is 51.5 Å². The van der Waals surface area contributed by atoms with E-state index in [2.05, 4.69) is 33.9 Å². The summed E-state index contributed by atoms with van der Waals surface area (Å²) in [6.07, 6.45) is 4.03. The SMILES string of the molecule is CC(C)N1CCN(c2cc3c4c(c2)c(=O)c(C(=O)NCCN2CCCC2)cn4-c2cc(Cl)ccc2O3)CC1. The number of carbonyl (C=O) groups excluding carboxylic acids is 1. The minimum atomic E-state index is -0.354. The Morgan fingerprint density at radius 1 is 1.03 bits per heavy atom. The van der Waals surface area contributed by atoms with Crippen molar-refractivity contribution in [3.8, 4) is 17.2 Å². The summed E-state index contributed by atoms with van der Waals surface area (Å²) in [7, 11) is 0. The first-order valence-corrected chi connectivity index (χ1v) is 14.0. The van der Waals surface area contributed by atoms with Gasteiger partial charge in [-0.2, -0.15) is 0 Å². The molecule has 8 nitrogen and oxygen atoms in total. The molecule has 2 aromatic carbocycles. The summed E-state index contributed by atoms with van der Waals surface area (Å²) < 4.78 is 8.19. The third kappa shape index (κ3) is 4.65. The molecule has 3 aliphatic heterocycles. The smallest absolute Gasteiger partial charge is 0.256 e. The lowest BCUT2D eigenvalue weighted by Crippen LogP contribution is -2.48. The standard InChI is InChI=1S/C29H34ClN5O3/c1-19(2)33-11-13-34(14-12-33)21-16-22-27-26(17-21)38-25-6-5-20(30)15-24(25)35(27)18-23(28(22)36)29(37)31-7-10-32-8-3-4-9-32/h5-6,15-19H,3-4,7-14H2,1-2H3,(H,31,37). The number of benzene rings is 2. The second-order valence-corrected chi connectivity index (χ2v) is 11.2. The number of carbonyl (C=O) groups is 1. The summed E-state index contributed by atoms with van der Waals surface area (Å²) in [5.74, 6) is 0.887. The topological polar surface area (TPSA) is 70.1 Å². The summed E-state index contributed by atoms with van der Waals surface area (Å²) in [5, 5.41) is 4.01. The molecule has 0 spiro atoms. The monoisotopic (exact) mass is 535 g/mol. The Morgan fingerprint density at radius 2 is 1.79 bits per heavy atom. The molecular weight excluding hydrogens is 502 g/mol. The zero-order valence-corrected chi connectivity index (χ0v) is 22.8. The second-order valence-electron chi connectivity index (χ2n) is 10.7. The number of piperazine rings is 1. The van der Waals surface area contributed by atoms with Crippen molar-refractivity contribution in [3.63, 3.8) is 0 Å². The minimum Gasteiger partial charge on any atom is -0.453 e. The summed E-state index contributed by atoms with van der Waals surface area (Å²) in [6, 6.07) is 9.85. The molecule has 38 heavy (non-hydrogen) atoms. The number of ether oxygens (including phenoxy) is 1. The second kappa shape index (κ2) is 10.2. The van der Waals surface area contributed by atoms with Crippen LogP contribution in [-0.4, -0.2) is 78.7 Å². The highest BCUT2D eigenvalue weighted by Gasteiger charge is 2.27. The third-order valence-electron chi connectivity index (χ3n) is 8.02. The number of pyridine rings is 1. The van der Waals surface area contributed by atoms with Crippen molar-refractivity contribution in [3.05, 3.63) is 57.3 Å². The van der Waals surface area contributed by atoms with E-state index < -0.39 is 0 Å². The van der Waals surface area contributed by atoms with E-state index in [1.54, 1.807) is 18.3 Å². The minimum absolute atomic E-state index is 0.125. The van der Waals surface area contributed by atoms with Gasteiger partial charge in [-0.1, -0.05) is 11.6 Å². The number of amides is 1. The first kappa shape index (κ1) is 25.2. The highest BCUT2D eigenvalue weighted by atomic mass is 35.5. The van der Waals surface area contributed by atoms with Crippen LogP contribution in [0.4, 0.5) is 5.69 Å². The van der Waals surface area contributed by atoms with Crippen LogP contribution in [0.25, 0.3) is 16.6 Å². The first-order chi connectivity index (χ1) is 18.4. The number of nitrogens with one attached hydrogen (secondary N) is 1. The Hall–Kier alpha value is -3.07. The van der Waals surface area contributed by atoms with Crippen molar-refractivity contribution in [1.29, 1.82) is 0 Å². The Kier molecular flexibility index (Phi) is 6.80. The van der Waals surface area contributed by atoms with Crippen LogP contribution >= 0.6 is 11.6 Å². The van der Waals surface area contributed by atoms with Crippen LogP contribution in [0.15, 0.2) is 41.3 Å². The molecule has 1 aromatic heterocycles. The number of fused-ring (bicyclic) bond motifs is 2. The molecule has 6 rings (SSSR count). The lowest BCUT2D eigenvalue weighted by atomic mass is 10.1. The lowest BCUT2D eigenvalue weighted by molar-refractivity contribution is 0.0948. The highest BCUT2D eigenvalue weighted by molar-refractivity contribution is 6.30. The molecule has 0 unspecified atom stereocenters. The van der Waals surface area contributed by atoms with Gasteiger partial charge in [-0.3, -0.25) is 14.5 Å². The van der Waals surface area contributed by atoms with Crippen LogP contribution in [0.2, 0.25) is 5.02 Å². The van der Waals surface area contributed by atoms with Crippen molar-refractivity contribution in [2.45, 2.75) is 32.7 Å². The molecule has 0 saturated carbocycles. The average molecular weight is 536 g/mol. The Labute approximate surface area is 227 Å². The molecule has 2 fully saturated rings. The summed E-state index contributed by atoms with van der Waals surface area (Å²) in [6.45, 7) is 11.5. The number of aromatic nitrogens is 1. The molecule has 2 saturated heterocycles. The predicted molar refractivity (Wildman–Crippen MR) is 152 cm³/mol. The third-order valence-corrected chi connectivity index (χ3v) is 8.25. The van der Waals surface area contributed by atoms with Crippen molar-refractivity contribution in [1.82, 2.24) is 19.7 Å². The van der Waals surface area contributed by atoms with E-state index >= 15 is 0 Å². The maximum atomic E-state index is 13.8. The number of hydrogen-bond donors (Lipinski definition) is 1. The van der Waals surface area contributed by atoms with Gasteiger partial charge in [-0.25, -0.2) is 0 Å². The summed E-state index contributed by atoms with van der Waals surface area (Å²) in [4.78, 5) is 34.2. The van der Waals surface area contributed by atoms with Crippen LogP contribution in [0.1, 0.15) is 37.0 Å². The van der Waals surface area contributed by atoms with Crippen LogP contribution in [0, 0.1) is 0 Å². The Bertz CT molecular complexity index is 1440. The normalized spacial score (nSPS) is 17.6. The molecule has 0 atom stereocenters. The van der Waals surface area contributed by atoms with Crippen LogP contribution in [0.3, 0.4) is 0 Å². The fourth-order valence-corrected chi connectivity index (χ4v) is 6.00. The Morgan fingerprint density at radius 3 is 2.53 bits per heavy atom. The fourth-order valence-electron chi connectivity index (χ4n) is 5.83. The molecular formula is C29H34ClN5O3.